The van der Waals surface area contributed by atoms with E-state index in [0.717, 1.165) is 84.1 Å². The maximum atomic E-state index is 5.07. The number of fused-ring (bicyclic) bond motifs is 3. The van der Waals surface area contributed by atoms with E-state index in [1.165, 1.54) is 21.8 Å². The molecule has 294 valence electrons. The predicted molar refractivity (Wildman–Crippen MR) is 258 cm³/mol. The van der Waals surface area contributed by atoms with E-state index in [-0.39, 0.29) is 0 Å². The summed E-state index contributed by atoms with van der Waals surface area (Å²) in [5.41, 5.74) is 17.6. The number of allylic oxidation sites excluding steroid dienone is 2. The molecule has 5 heteroatoms. The van der Waals surface area contributed by atoms with Crippen molar-refractivity contribution in [2.75, 3.05) is 0 Å². The summed E-state index contributed by atoms with van der Waals surface area (Å²) in [6, 6.07) is 64.5. The van der Waals surface area contributed by atoms with Gasteiger partial charge in [0.15, 0.2) is 0 Å². The van der Waals surface area contributed by atoms with Gasteiger partial charge in [-0.3, -0.25) is 15.0 Å². The van der Waals surface area contributed by atoms with Crippen LogP contribution in [0.5, 0.6) is 0 Å². The van der Waals surface area contributed by atoms with Crippen LogP contribution >= 0.6 is 0 Å². The minimum Gasteiger partial charge on any atom is -0.309 e. The van der Waals surface area contributed by atoms with E-state index in [0.29, 0.717) is 0 Å². The number of aliphatic imine (C=N–C) groups is 1. The molecule has 0 saturated heterocycles. The summed E-state index contributed by atoms with van der Waals surface area (Å²) in [6.45, 7) is 6.03. The molecule has 62 heavy (non-hydrogen) atoms. The fourth-order valence-corrected chi connectivity index (χ4v) is 8.25. The Morgan fingerprint density at radius 1 is 0.484 bits per heavy atom. The summed E-state index contributed by atoms with van der Waals surface area (Å²) in [7, 11) is 0. The van der Waals surface area contributed by atoms with Crippen molar-refractivity contribution in [3.05, 3.63) is 237 Å². The molecule has 0 aliphatic carbocycles. The van der Waals surface area contributed by atoms with Crippen LogP contribution in [0.25, 0.3) is 89.1 Å². The smallest absolute Gasteiger partial charge is 0.0725 e. The zero-order valence-corrected chi connectivity index (χ0v) is 34.2. The highest BCUT2D eigenvalue weighted by Gasteiger charge is 2.16. The third kappa shape index (κ3) is 7.55. The number of aromatic nitrogens is 4. The fraction of sp³-hybridized carbons (Fsp3) is 0.0175. The van der Waals surface area contributed by atoms with Gasteiger partial charge in [-0.15, -0.1) is 0 Å². The Bertz CT molecular complexity index is 3310. The van der Waals surface area contributed by atoms with Crippen LogP contribution in [0.3, 0.4) is 0 Å². The molecule has 0 saturated carbocycles. The molecule has 0 amide bonds. The summed E-state index contributed by atoms with van der Waals surface area (Å²) in [5.74, 6) is 0. The zero-order chi connectivity index (χ0) is 41.8. The lowest BCUT2D eigenvalue weighted by atomic mass is 9.91. The Morgan fingerprint density at radius 2 is 1.08 bits per heavy atom. The standard InChI is InChI=1S/C57H41N5/c1-3-14-53(60-39(2)45-19-12-29-58-37-45)43-17-9-15-40(31-43)47-33-48(41-16-10-18-44(32-41)54-24-11-25-55(61-54)46-20-13-30-59-38-46)35-49(34-47)42-27-28-57-52(36-42)51-23-7-8-26-56(51)62(57)50-21-5-4-6-22-50/h3-38H,1H2,2H3/b53-14-,60-39?. The van der Waals surface area contributed by atoms with E-state index < -0.39 is 0 Å². The lowest BCUT2D eigenvalue weighted by Crippen LogP contribution is -1.96. The summed E-state index contributed by atoms with van der Waals surface area (Å²) in [5, 5.41) is 2.42. The summed E-state index contributed by atoms with van der Waals surface area (Å²) in [6.07, 6.45) is 11.0. The quantitative estimate of drug-likeness (QED) is 0.102. The van der Waals surface area contributed by atoms with Crippen molar-refractivity contribution in [1.29, 1.82) is 0 Å². The number of para-hydroxylation sites is 2. The topological polar surface area (TPSA) is 56.0 Å². The van der Waals surface area contributed by atoms with E-state index in [1.54, 1.807) is 18.5 Å². The second kappa shape index (κ2) is 16.8. The molecular weight excluding hydrogens is 755 g/mol. The molecule has 5 nitrogen and oxygen atoms in total. The largest absolute Gasteiger partial charge is 0.309 e. The van der Waals surface area contributed by atoms with Crippen LogP contribution in [0.1, 0.15) is 18.1 Å². The van der Waals surface area contributed by atoms with E-state index in [2.05, 4.69) is 173 Å². The summed E-state index contributed by atoms with van der Waals surface area (Å²) < 4.78 is 2.36. The van der Waals surface area contributed by atoms with E-state index >= 15 is 0 Å². The highest BCUT2D eigenvalue weighted by atomic mass is 15.0. The third-order valence-electron chi connectivity index (χ3n) is 11.3. The monoisotopic (exact) mass is 795 g/mol. The molecule has 0 unspecified atom stereocenters. The van der Waals surface area contributed by atoms with Gasteiger partial charge in [-0.2, -0.15) is 0 Å². The highest BCUT2D eigenvalue weighted by Crippen LogP contribution is 2.39. The van der Waals surface area contributed by atoms with Crippen molar-refractivity contribution in [2.45, 2.75) is 6.92 Å². The van der Waals surface area contributed by atoms with E-state index in [9.17, 15) is 0 Å². The minimum atomic E-state index is 0.827. The Morgan fingerprint density at radius 3 is 1.82 bits per heavy atom. The molecule has 0 fully saturated rings. The second-order valence-electron chi connectivity index (χ2n) is 15.3. The molecule has 10 rings (SSSR count). The van der Waals surface area contributed by atoms with Gasteiger partial charge in [0.2, 0.25) is 0 Å². The first-order valence-corrected chi connectivity index (χ1v) is 20.7. The molecule has 0 atom stereocenters. The molecule has 0 N–H and O–H groups in total. The Kier molecular flexibility index (Phi) is 10.3. The number of rotatable bonds is 10. The lowest BCUT2D eigenvalue weighted by Gasteiger charge is -2.14. The van der Waals surface area contributed by atoms with Crippen LogP contribution in [0.4, 0.5) is 0 Å². The number of pyridine rings is 3. The summed E-state index contributed by atoms with van der Waals surface area (Å²) in [4.78, 5) is 18.8. The second-order valence-corrected chi connectivity index (χ2v) is 15.3. The molecule has 0 bridgehead atoms. The first-order chi connectivity index (χ1) is 30.6. The SMILES string of the molecule is C=C/C=C(\N=C(C)c1cccnc1)c1cccc(-c2cc(-c3cccc(-c4cccc(-c5cccnc5)n4)c3)cc(-c3ccc4c(c3)c3ccccc3n4-c3ccccc3)c2)c1. The molecule has 0 spiro atoms. The van der Waals surface area contributed by atoms with Crippen molar-refractivity contribution >= 4 is 33.2 Å². The van der Waals surface area contributed by atoms with Crippen LogP contribution in [0.15, 0.2) is 231 Å². The third-order valence-corrected chi connectivity index (χ3v) is 11.3. The summed E-state index contributed by atoms with van der Waals surface area (Å²) >= 11 is 0. The minimum absolute atomic E-state index is 0.827. The first-order valence-electron chi connectivity index (χ1n) is 20.7. The fourth-order valence-electron chi connectivity index (χ4n) is 8.25. The van der Waals surface area contributed by atoms with Crippen LogP contribution in [0.2, 0.25) is 0 Å². The number of hydrogen-bond acceptors (Lipinski definition) is 4. The molecule has 0 aliphatic heterocycles. The molecule has 10 aromatic rings. The average Bonchev–Trinajstić information content (AvgIpc) is 3.68. The average molecular weight is 796 g/mol. The normalized spacial score (nSPS) is 11.9. The van der Waals surface area contributed by atoms with Gasteiger partial charge >= 0.3 is 0 Å². The Balaban J connectivity index is 1.12. The zero-order valence-electron chi connectivity index (χ0n) is 34.2. The molecule has 4 aromatic heterocycles. The molecule has 0 aliphatic rings. The molecule has 0 radical (unpaired) electrons. The maximum absolute atomic E-state index is 5.07. The Hall–Kier alpha value is -8.28. The van der Waals surface area contributed by atoms with Crippen LogP contribution < -0.4 is 0 Å². The van der Waals surface area contributed by atoms with Crippen molar-refractivity contribution in [1.82, 2.24) is 19.5 Å². The number of benzene rings is 6. The van der Waals surface area contributed by atoms with Crippen LogP contribution in [0, 0.1) is 0 Å². The maximum Gasteiger partial charge on any atom is 0.0725 e. The van der Waals surface area contributed by atoms with E-state index in [4.69, 9.17) is 9.98 Å². The van der Waals surface area contributed by atoms with Gasteiger partial charge in [0.25, 0.3) is 0 Å². The molecule has 6 aromatic carbocycles. The first kappa shape index (κ1) is 38.0. The highest BCUT2D eigenvalue weighted by molar-refractivity contribution is 6.10. The number of nitrogens with zero attached hydrogens (tertiary/aromatic N) is 5. The van der Waals surface area contributed by atoms with E-state index in [1.807, 2.05) is 55.7 Å². The number of hydrogen-bond donors (Lipinski definition) is 0. The van der Waals surface area contributed by atoms with Crippen molar-refractivity contribution in [3.63, 3.8) is 0 Å². The van der Waals surface area contributed by atoms with Gasteiger partial charge in [-0.1, -0.05) is 104 Å². The van der Waals surface area contributed by atoms with Gasteiger partial charge in [-0.25, -0.2) is 4.98 Å². The van der Waals surface area contributed by atoms with Crippen molar-refractivity contribution < 1.29 is 0 Å². The van der Waals surface area contributed by atoms with Crippen LogP contribution in [-0.4, -0.2) is 25.2 Å². The van der Waals surface area contributed by atoms with Crippen molar-refractivity contribution in [2.24, 2.45) is 4.99 Å². The molecule has 4 heterocycles. The van der Waals surface area contributed by atoms with Gasteiger partial charge in [0, 0.05) is 69.2 Å². The van der Waals surface area contributed by atoms with Crippen molar-refractivity contribution in [3.8, 4) is 61.6 Å². The van der Waals surface area contributed by atoms with Gasteiger partial charge in [-0.05, 0) is 137 Å². The van der Waals surface area contributed by atoms with Gasteiger partial charge in [0.05, 0.1) is 28.1 Å². The predicted octanol–water partition coefficient (Wildman–Crippen LogP) is 14.3. The van der Waals surface area contributed by atoms with Gasteiger partial charge in [0.1, 0.15) is 0 Å². The van der Waals surface area contributed by atoms with Crippen LogP contribution in [-0.2, 0) is 0 Å². The Labute approximate surface area is 361 Å². The lowest BCUT2D eigenvalue weighted by molar-refractivity contribution is 1.18. The van der Waals surface area contributed by atoms with Gasteiger partial charge < -0.3 is 4.57 Å². The molecular formula is C57H41N5.